The van der Waals surface area contributed by atoms with Gasteiger partial charge in [0.25, 0.3) is 0 Å². The molecule has 0 bridgehead atoms. The molecule has 0 spiro atoms. The van der Waals surface area contributed by atoms with E-state index < -0.39 is 11.4 Å². The first-order chi connectivity index (χ1) is 8.44. The number of benzene rings is 1. The summed E-state index contributed by atoms with van der Waals surface area (Å²) in [6.07, 6.45) is 1.42. The monoisotopic (exact) mass is 248 g/mol. The Balaban J connectivity index is 2.66. The second-order valence-corrected chi connectivity index (χ2v) is 5.42. The third-order valence-corrected chi connectivity index (χ3v) is 3.86. The average molecular weight is 248 g/mol. The van der Waals surface area contributed by atoms with Gasteiger partial charge in [-0.2, -0.15) is 0 Å². The van der Waals surface area contributed by atoms with E-state index in [-0.39, 0.29) is 0 Å². The van der Waals surface area contributed by atoms with Crippen LogP contribution in [0.15, 0.2) is 12.1 Å². The number of rotatable bonds is 4. The lowest BCUT2D eigenvalue weighted by atomic mass is 9.86. The van der Waals surface area contributed by atoms with Crippen LogP contribution in [-0.4, -0.2) is 18.2 Å². The molecule has 2 rings (SSSR count). The van der Waals surface area contributed by atoms with Gasteiger partial charge in [-0.1, -0.05) is 26.0 Å². The first kappa shape index (κ1) is 12.9. The van der Waals surface area contributed by atoms with Crippen LogP contribution in [0.5, 0.6) is 5.75 Å². The maximum absolute atomic E-state index is 11.5. The molecule has 0 aromatic heterocycles. The number of hydrogen-bond donors (Lipinski definition) is 1. The lowest BCUT2D eigenvalue weighted by Gasteiger charge is -2.22. The van der Waals surface area contributed by atoms with Crippen molar-refractivity contribution < 1.29 is 14.6 Å². The van der Waals surface area contributed by atoms with Crippen LogP contribution >= 0.6 is 0 Å². The third-order valence-electron chi connectivity index (χ3n) is 3.86. The Bertz CT molecular complexity index is 485. The standard InChI is InChI=1S/C15H20O3/c1-9(2)11-6-5-10(3)12(13(11)18-4)15(7-8-15)14(16)17/h5-6,9H,7-8H2,1-4H3,(H,16,17). The number of hydrogen-bond acceptors (Lipinski definition) is 2. The highest BCUT2D eigenvalue weighted by molar-refractivity contribution is 5.87. The van der Waals surface area contributed by atoms with E-state index in [1.165, 1.54) is 0 Å². The van der Waals surface area contributed by atoms with Crippen LogP contribution in [0.4, 0.5) is 0 Å². The summed E-state index contributed by atoms with van der Waals surface area (Å²) in [6.45, 7) is 6.15. The Morgan fingerprint density at radius 2 is 2.00 bits per heavy atom. The van der Waals surface area contributed by atoms with Gasteiger partial charge in [-0.15, -0.1) is 0 Å². The number of carboxylic acid groups (broad SMARTS) is 1. The highest BCUT2D eigenvalue weighted by Crippen LogP contribution is 2.54. The van der Waals surface area contributed by atoms with Crippen LogP contribution in [0.3, 0.4) is 0 Å². The molecular weight excluding hydrogens is 228 g/mol. The fourth-order valence-electron chi connectivity index (χ4n) is 2.66. The van der Waals surface area contributed by atoms with Crippen molar-refractivity contribution in [2.45, 2.75) is 44.9 Å². The normalized spacial score (nSPS) is 16.7. The van der Waals surface area contributed by atoms with Crippen molar-refractivity contribution in [2.75, 3.05) is 7.11 Å². The zero-order chi connectivity index (χ0) is 13.5. The van der Waals surface area contributed by atoms with E-state index in [2.05, 4.69) is 13.8 Å². The number of methoxy groups -OCH3 is 1. The summed E-state index contributed by atoms with van der Waals surface area (Å²) >= 11 is 0. The molecule has 0 atom stereocenters. The van der Waals surface area contributed by atoms with Crippen molar-refractivity contribution in [3.8, 4) is 5.75 Å². The highest BCUT2D eigenvalue weighted by atomic mass is 16.5. The number of carboxylic acids is 1. The maximum atomic E-state index is 11.5. The fraction of sp³-hybridized carbons (Fsp3) is 0.533. The van der Waals surface area contributed by atoms with E-state index in [1.54, 1.807) is 7.11 Å². The molecule has 0 saturated heterocycles. The molecule has 1 aliphatic carbocycles. The Morgan fingerprint density at radius 3 is 2.39 bits per heavy atom. The van der Waals surface area contributed by atoms with E-state index in [9.17, 15) is 9.90 Å². The molecule has 1 fully saturated rings. The van der Waals surface area contributed by atoms with Crippen LogP contribution in [0.1, 0.15) is 49.3 Å². The molecule has 0 radical (unpaired) electrons. The molecule has 3 heteroatoms. The van der Waals surface area contributed by atoms with Crippen LogP contribution in [0.2, 0.25) is 0 Å². The number of ether oxygens (including phenoxy) is 1. The van der Waals surface area contributed by atoms with Crippen molar-refractivity contribution in [1.82, 2.24) is 0 Å². The predicted molar refractivity (Wildman–Crippen MR) is 70.4 cm³/mol. The molecule has 3 nitrogen and oxygen atoms in total. The van der Waals surface area contributed by atoms with Gasteiger partial charge < -0.3 is 9.84 Å². The average Bonchev–Trinajstić information content (AvgIpc) is 3.09. The summed E-state index contributed by atoms with van der Waals surface area (Å²) in [4.78, 5) is 11.5. The fourth-order valence-corrected chi connectivity index (χ4v) is 2.66. The molecule has 1 aromatic carbocycles. The van der Waals surface area contributed by atoms with Gasteiger partial charge in [0.1, 0.15) is 5.75 Å². The van der Waals surface area contributed by atoms with E-state index in [0.29, 0.717) is 18.8 Å². The summed E-state index contributed by atoms with van der Waals surface area (Å²) in [7, 11) is 1.63. The molecule has 18 heavy (non-hydrogen) atoms. The second-order valence-electron chi connectivity index (χ2n) is 5.42. The van der Waals surface area contributed by atoms with Gasteiger partial charge in [0, 0.05) is 5.56 Å². The van der Waals surface area contributed by atoms with Gasteiger partial charge in [-0.05, 0) is 36.8 Å². The minimum atomic E-state index is -0.732. The lowest BCUT2D eigenvalue weighted by molar-refractivity contribution is -0.140. The summed E-state index contributed by atoms with van der Waals surface area (Å²) in [6, 6.07) is 4.05. The highest BCUT2D eigenvalue weighted by Gasteiger charge is 2.54. The van der Waals surface area contributed by atoms with Gasteiger partial charge in [-0.3, -0.25) is 4.79 Å². The number of carbonyl (C=O) groups is 1. The van der Waals surface area contributed by atoms with Gasteiger partial charge in [0.05, 0.1) is 12.5 Å². The minimum Gasteiger partial charge on any atom is -0.496 e. The van der Waals surface area contributed by atoms with Gasteiger partial charge >= 0.3 is 5.97 Å². The summed E-state index contributed by atoms with van der Waals surface area (Å²) < 4.78 is 5.53. The zero-order valence-electron chi connectivity index (χ0n) is 11.4. The van der Waals surface area contributed by atoms with E-state index in [1.807, 2.05) is 19.1 Å². The Labute approximate surface area is 108 Å². The van der Waals surface area contributed by atoms with Crippen LogP contribution in [-0.2, 0) is 10.2 Å². The molecule has 98 valence electrons. The Morgan fingerprint density at radius 1 is 1.39 bits per heavy atom. The number of aliphatic carboxylic acids is 1. The SMILES string of the molecule is COc1c(C(C)C)ccc(C)c1C1(C(=O)O)CC1. The van der Waals surface area contributed by atoms with Crippen molar-refractivity contribution in [3.05, 3.63) is 28.8 Å². The summed E-state index contributed by atoms with van der Waals surface area (Å²) in [5.41, 5.74) is 2.27. The van der Waals surface area contributed by atoms with Crippen LogP contribution in [0, 0.1) is 6.92 Å². The molecule has 0 amide bonds. The smallest absolute Gasteiger partial charge is 0.314 e. The molecule has 0 aliphatic heterocycles. The van der Waals surface area contributed by atoms with E-state index in [4.69, 9.17) is 4.74 Å². The molecule has 0 heterocycles. The lowest BCUT2D eigenvalue weighted by Crippen LogP contribution is -2.22. The quantitative estimate of drug-likeness (QED) is 0.889. The second kappa shape index (κ2) is 4.30. The van der Waals surface area contributed by atoms with Crippen molar-refractivity contribution >= 4 is 5.97 Å². The number of aryl methyl sites for hydroxylation is 1. The zero-order valence-corrected chi connectivity index (χ0v) is 11.4. The first-order valence-corrected chi connectivity index (χ1v) is 6.35. The van der Waals surface area contributed by atoms with E-state index >= 15 is 0 Å². The molecule has 1 aliphatic rings. The van der Waals surface area contributed by atoms with Gasteiger partial charge in [0.15, 0.2) is 0 Å². The van der Waals surface area contributed by atoms with Crippen LogP contribution in [0.25, 0.3) is 0 Å². The first-order valence-electron chi connectivity index (χ1n) is 6.35. The summed E-state index contributed by atoms with van der Waals surface area (Å²) in [5, 5.41) is 9.48. The van der Waals surface area contributed by atoms with Crippen LogP contribution < -0.4 is 4.74 Å². The van der Waals surface area contributed by atoms with Gasteiger partial charge in [-0.25, -0.2) is 0 Å². The molecule has 1 saturated carbocycles. The predicted octanol–water partition coefficient (Wildman–Crippen LogP) is 3.24. The minimum absolute atomic E-state index is 0.323. The topological polar surface area (TPSA) is 46.5 Å². The Kier molecular flexibility index (Phi) is 3.09. The largest absolute Gasteiger partial charge is 0.496 e. The summed E-state index contributed by atoms with van der Waals surface area (Å²) in [5.74, 6) is 0.360. The Hall–Kier alpha value is -1.51. The van der Waals surface area contributed by atoms with Crippen molar-refractivity contribution in [2.24, 2.45) is 0 Å². The van der Waals surface area contributed by atoms with Crippen molar-refractivity contribution in [3.63, 3.8) is 0 Å². The maximum Gasteiger partial charge on any atom is 0.314 e. The van der Waals surface area contributed by atoms with Crippen molar-refractivity contribution in [1.29, 1.82) is 0 Å². The van der Waals surface area contributed by atoms with E-state index in [0.717, 1.165) is 22.4 Å². The van der Waals surface area contributed by atoms with Gasteiger partial charge in [0.2, 0.25) is 0 Å². The third kappa shape index (κ3) is 1.78. The molecule has 0 unspecified atom stereocenters. The molecule has 1 aromatic rings. The molecular formula is C15H20O3. The molecule has 1 N–H and O–H groups in total.